The molecule has 3 atom stereocenters. The number of aliphatic hydroxyl groups excluding tert-OH is 1. The van der Waals surface area contributed by atoms with Crippen LogP contribution in [0.3, 0.4) is 0 Å². The van der Waals surface area contributed by atoms with E-state index in [0.29, 0.717) is 11.8 Å². The summed E-state index contributed by atoms with van der Waals surface area (Å²) in [5, 5.41) is 10.0. The molecule has 1 fully saturated rings. The summed E-state index contributed by atoms with van der Waals surface area (Å²) >= 11 is 0. The van der Waals surface area contributed by atoms with E-state index in [1.54, 1.807) is 0 Å². The van der Waals surface area contributed by atoms with Gasteiger partial charge < -0.3 is 15.7 Å². The Balaban J connectivity index is 0.00000162. The van der Waals surface area contributed by atoms with Crippen LogP contribution in [0.25, 0.3) is 0 Å². The number of fused-ring (bicyclic) bond motifs is 1. The number of nitrogens with two attached hydrogens (primary N) is 1. The Kier molecular flexibility index (Phi) is 6.25. The van der Waals surface area contributed by atoms with Crippen molar-refractivity contribution < 1.29 is 5.11 Å². The SMILES string of the molecule is CC1CC(C)(C)N(C(C)O)C2=CC=C(N)CC21.Cl.Cl. The molecule has 0 radical (unpaired) electrons. The molecule has 1 aliphatic heterocycles. The van der Waals surface area contributed by atoms with Crippen molar-refractivity contribution >= 4 is 24.8 Å². The Morgan fingerprint density at radius 2 is 1.95 bits per heavy atom. The summed E-state index contributed by atoms with van der Waals surface area (Å²) < 4.78 is 0. The maximum absolute atomic E-state index is 10.0. The van der Waals surface area contributed by atoms with Gasteiger partial charge in [-0.1, -0.05) is 6.92 Å². The molecule has 3 nitrogen and oxygen atoms in total. The van der Waals surface area contributed by atoms with Gasteiger partial charge in [-0.15, -0.1) is 24.8 Å². The first-order valence-electron chi connectivity index (χ1n) is 6.46. The topological polar surface area (TPSA) is 49.5 Å². The third kappa shape index (κ3) is 3.39. The standard InChI is InChI=1S/C14H24N2O.2ClH/c1-9-8-14(3,4)16(10(2)17)13-6-5-11(15)7-12(9)13;;/h5-6,9-10,12,17H,7-8,15H2,1-4H3;2*1H. The summed E-state index contributed by atoms with van der Waals surface area (Å²) in [6.45, 7) is 8.54. The van der Waals surface area contributed by atoms with Crippen LogP contribution in [0.1, 0.15) is 40.5 Å². The molecule has 0 aromatic carbocycles. The smallest absolute Gasteiger partial charge is 0.124 e. The molecule has 1 heterocycles. The minimum Gasteiger partial charge on any atom is -0.402 e. The molecule has 5 heteroatoms. The van der Waals surface area contributed by atoms with E-state index in [2.05, 4.69) is 31.7 Å². The highest BCUT2D eigenvalue weighted by Gasteiger charge is 2.43. The first kappa shape index (κ1) is 18.6. The van der Waals surface area contributed by atoms with Crippen molar-refractivity contribution in [1.29, 1.82) is 0 Å². The van der Waals surface area contributed by atoms with Crippen LogP contribution in [0.4, 0.5) is 0 Å². The summed E-state index contributed by atoms with van der Waals surface area (Å²) in [4.78, 5) is 2.15. The lowest BCUT2D eigenvalue weighted by molar-refractivity contribution is -0.0603. The highest BCUT2D eigenvalue weighted by Crippen LogP contribution is 2.45. The molecule has 1 aliphatic carbocycles. The van der Waals surface area contributed by atoms with Crippen molar-refractivity contribution in [3.63, 3.8) is 0 Å². The predicted molar refractivity (Wildman–Crippen MR) is 84.3 cm³/mol. The van der Waals surface area contributed by atoms with E-state index in [1.165, 1.54) is 5.70 Å². The molecule has 0 spiro atoms. The summed E-state index contributed by atoms with van der Waals surface area (Å²) in [6.07, 6.45) is 5.64. The van der Waals surface area contributed by atoms with E-state index < -0.39 is 6.23 Å². The first-order chi connectivity index (χ1) is 7.83. The van der Waals surface area contributed by atoms with Crippen LogP contribution < -0.4 is 5.73 Å². The van der Waals surface area contributed by atoms with Gasteiger partial charge in [0.2, 0.25) is 0 Å². The molecule has 0 aromatic rings. The van der Waals surface area contributed by atoms with Crippen molar-refractivity contribution in [2.45, 2.75) is 52.3 Å². The van der Waals surface area contributed by atoms with Gasteiger partial charge in [0.15, 0.2) is 0 Å². The van der Waals surface area contributed by atoms with Crippen LogP contribution in [-0.4, -0.2) is 21.8 Å². The number of aliphatic hydroxyl groups is 1. The number of rotatable bonds is 1. The van der Waals surface area contributed by atoms with Crippen molar-refractivity contribution in [1.82, 2.24) is 4.90 Å². The lowest BCUT2D eigenvalue weighted by Gasteiger charge is -2.53. The van der Waals surface area contributed by atoms with Crippen LogP contribution in [0.2, 0.25) is 0 Å². The van der Waals surface area contributed by atoms with Gasteiger partial charge in [0.25, 0.3) is 0 Å². The molecule has 0 aromatic heterocycles. The van der Waals surface area contributed by atoms with E-state index in [1.807, 2.05) is 13.0 Å². The van der Waals surface area contributed by atoms with Crippen LogP contribution >= 0.6 is 24.8 Å². The molecule has 3 unspecified atom stereocenters. The Bertz CT molecular complexity index is 378. The predicted octanol–water partition coefficient (Wildman–Crippen LogP) is 3.04. The first-order valence-corrected chi connectivity index (χ1v) is 6.46. The van der Waals surface area contributed by atoms with E-state index in [-0.39, 0.29) is 30.4 Å². The van der Waals surface area contributed by atoms with Crippen molar-refractivity contribution in [3.8, 4) is 0 Å². The molecule has 0 bridgehead atoms. The fourth-order valence-corrected chi connectivity index (χ4v) is 3.59. The minimum absolute atomic E-state index is 0. The average Bonchev–Trinajstić information content (AvgIpc) is 2.17. The molecule has 19 heavy (non-hydrogen) atoms. The van der Waals surface area contributed by atoms with Gasteiger partial charge in [-0.25, -0.2) is 0 Å². The van der Waals surface area contributed by atoms with Gasteiger partial charge in [0.05, 0.1) is 0 Å². The molecule has 0 amide bonds. The second-order valence-corrected chi connectivity index (χ2v) is 6.14. The molecule has 2 aliphatic rings. The van der Waals surface area contributed by atoms with E-state index in [4.69, 9.17) is 5.73 Å². The van der Waals surface area contributed by atoms with Gasteiger partial charge >= 0.3 is 0 Å². The van der Waals surface area contributed by atoms with Gasteiger partial charge in [-0.2, -0.15) is 0 Å². The fourth-order valence-electron chi connectivity index (χ4n) is 3.59. The molecule has 0 saturated carbocycles. The summed E-state index contributed by atoms with van der Waals surface area (Å²) in [5.41, 5.74) is 8.14. The van der Waals surface area contributed by atoms with Crippen LogP contribution in [-0.2, 0) is 0 Å². The molecule has 3 N–H and O–H groups in total. The van der Waals surface area contributed by atoms with Crippen molar-refractivity contribution in [3.05, 3.63) is 23.5 Å². The van der Waals surface area contributed by atoms with E-state index in [0.717, 1.165) is 18.5 Å². The lowest BCUT2D eigenvalue weighted by Crippen LogP contribution is -2.55. The van der Waals surface area contributed by atoms with Crippen molar-refractivity contribution in [2.75, 3.05) is 0 Å². The number of hydrogen-bond donors (Lipinski definition) is 2. The largest absolute Gasteiger partial charge is 0.402 e. The zero-order valence-corrected chi connectivity index (χ0v) is 13.7. The summed E-state index contributed by atoms with van der Waals surface area (Å²) in [7, 11) is 0. The van der Waals surface area contributed by atoms with E-state index in [9.17, 15) is 5.11 Å². The maximum Gasteiger partial charge on any atom is 0.124 e. The third-order valence-corrected chi connectivity index (χ3v) is 4.12. The minimum atomic E-state index is -0.445. The summed E-state index contributed by atoms with van der Waals surface area (Å²) in [6, 6.07) is 0. The zero-order chi connectivity index (χ0) is 12.8. The van der Waals surface area contributed by atoms with Gasteiger partial charge in [0.1, 0.15) is 6.23 Å². The van der Waals surface area contributed by atoms with Crippen molar-refractivity contribution in [2.24, 2.45) is 17.6 Å². The van der Waals surface area contributed by atoms with Crippen LogP contribution in [0.5, 0.6) is 0 Å². The lowest BCUT2D eigenvalue weighted by atomic mass is 9.72. The Morgan fingerprint density at radius 1 is 1.37 bits per heavy atom. The second kappa shape index (κ2) is 6.38. The third-order valence-electron chi connectivity index (χ3n) is 4.12. The molecular formula is C14H26Cl2N2O. The number of halogens is 2. The summed E-state index contributed by atoms with van der Waals surface area (Å²) in [5.74, 6) is 1.07. The normalized spacial score (nSPS) is 30.1. The quantitative estimate of drug-likeness (QED) is 0.783. The Morgan fingerprint density at radius 3 is 2.47 bits per heavy atom. The molecular weight excluding hydrogens is 283 g/mol. The van der Waals surface area contributed by atoms with Gasteiger partial charge in [-0.3, -0.25) is 0 Å². The highest BCUT2D eigenvalue weighted by atomic mass is 35.5. The maximum atomic E-state index is 10.0. The second-order valence-electron chi connectivity index (χ2n) is 6.14. The number of nitrogens with zero attached hydrogens (tertiary/aromatic N) is 1. The Hall–Kier alpha value is -0.380. The molecule has 112 valence electrons. The average molecular weight is 309 g/mol. The number of piperidine rings is 1. The Labute approximate surface area is 128 Å². The zero-order valence-electron chi connectivity index (χ0n) is 12.1. The number of allylic oxidation sites excluding steroid dienone is 4. The van der Waals surface area contributed by atoms with Gasteiger partial charge in [-0.05, 0) is 51.7 Å². The van der Waals surface area contributed by atoms with Gasteiger partial charge in [0, 0.05) is 22.9 Å². The monoisotopic (exact) mass is 308 g/mol. The number of likely N-dealkylation sites (tertiary alicyclic amines) is 1. The van der Waals surface area contributed by atoms with Crippen LogP contribution in [0.15, 0.2) is 23.5 Å². The molecule has 1 saturated heterocycles. The number of hydrogen-bond acceptors (Lipinski definition) is 3. The highest BCUT2D eigenvalue weighted by molar-refractivity contribution is 5.85. The van der Waals surface area contributed by atoms with E-state index >= 15 is 0 Å². The fraction of sp³-hybridized carbons (Fsp3) is 0.714. The molecule has 2 rings (SSSR count). The van der Waals surface area contributed by atoms with Crippen LogP contribution in [0, 0.1) is 11.8 Å².